The highest BCUT2D eigenvalue weighted by Crippen LogP contribution is 2.22. The van der Waals surface area contributed by atoms with Gasteiger partial charge in [-0.2, -0.15) is 0 Å². The van der Waals surface area contributed by atoms with Crippen molar-refractivity contribution in [1.82, 2.24) is 0 Å². The highest BCUT2D eigenvalue weighted by atomic mass is 16.5. The van der Waals surface area contributed by atoms with E-state index in [-0.39, 0.29) is 5.91 Å². The second-order valence-corrected chi connectivity index (χ2v) is 5.85. The lowest BCUT2D eigenvalue weighted by Gasteiger charge is -2.24. The third-order valence-corrected chi connectivity index (χ3v) is 3.93. The minimum Gasteiger partial charge on any atom is -0.482 e. The normalized spacial score (nSPS) is 11.5. The smallest absolute Gasteiger partial charge is 0.341 e. The number of anilines is 1. The van der Waals surface area contributed by atoms with Crippen molar-refractivity contribution >= 4 is 17.6 Å². The van der Waals surface area contributed by atoms with E-state index >= 15 is 0 Å². The zero-order valence-corrected chi connectivity index (χ0v) is 15.1. The Bertz CT molecular complexity index is 757. The summed E-state index contributed by atoms with van der Waals surface area (Å²) in [4.78, 5) is 24.8. The van der Waals surface area contributed by atoms with Crippen molar-refractivity contribution in [2.45, 2.75) is 26.4 Å². The van der Waals surface area contributed by atoms with Crippen LogP contribution in [-0.4, -0.2) is 36.7 Å². The van der Waals surface area contributed by atoms with Crippen LogP contribution in [-0.2, 0) is 9.59 Å². The fraction of sp³-hybridized carbons (Fsp3) is 0.300. The van der Waals surface area contributed by atoms with Crippen molar-refractivity contribution in [3.05, 3.63) is 54.1 Å². The zero-order chi connectivity index (χ0) is 19.1. The van der Waals surface area contributed by atoms with E-state index in [4.69, 9.17) is 14.6 Å². The predicted molar refractivity (Wildman–Crippen MR) is 98.9 cm³/mol. The molecule has 0 saturated carbocycles. The first-order valence-corrected chi connectivity index (χ1v) is 8.37. The lowest BCUT2D eigenvalue weighted by molar-refractivity contribution is -0.139. The fourth-order valence-electron chi connectivity index (χ4n) is 2.40. The van der Waals surface area contributed by atoms with Gasteiger partial charge in [-0.1, -0.05) is 25.1 Å². The Kier molecular flexibility index (Phi) is 6.60. The monoisotopic (exact) mass is 357 g/mol. The minimum absolute atomic E-state index is 0.157. The molecule has 2 rings (SSSR count). The molecule has 0 fully saturated rings. The standard InChI is InChI=1S/C20H23NO5/c1-4-17(26-18-8-6-5-7-14(18)2)20(24)21(3)15-9-11-16(12-10-15)25-13-19(22)23/h5-12,17H,4,13H2,1-3H3,(H,22,23). The fourth-order valence-corrected chi connectivity index (χ4v) is 2.40. The van der Waals surface area contributed by atoms with E-state index in [9.17, 15) is 9.59 Å². The average Bonchev–Trinajstić information content (AvgIpc) is 2.65. The molecule has 0 aliphatic carbocycles. The number of aryl methyl sites for hydroxylation is 1. The molecule has 0 heterocycles. The third kappa shape index (κ3) is 4.99. The molecular weight excluding hydrogens is 334 g/mol. The predicted octanol–water partition coefficient (Wildman–Crippen LogP) is 3.28. The number of para-hydroxylation sites is 1. The van der Waals surface area contributed by atoms with E-state index in [0.29, 0.717) is 23.6 Å². The molecule has 1 atom stereocenters. The molecule has 0 radical (unpaired) electrons. The number of hydrogen-bond acceptors (Lipinski definition) is 4. The van der Waals surface area contributed by atoms with Crippen LogP contribution in [0.4, 0.5) is 5.69 Å². The molecule has 138 valence electrons. The lowest BCUT2D eigenvalue weighted by Crippen LogP contribution is -2.39. The Labute approximate surface area is 153 Å². The molecule has 2 aromatic rings. The van der Waals surface area contributed by atoms with E-state index in [1.807, 2.05) is 38.1 Å². The van der Waals surface area contributed by atoms with Crippen molar-refractivity contribution in [3.63, 3.8) is 0 Å². The summed E-state index contributed by atoms with van der Waals surface area (Å²) in [7, 11) is 1.68. The molecule has 26 heavy (non-hydrogen) atoms. The summed E-state index contributed by atoms with van der Waals surface area (Å²) >= 11 is 0. The van der Waals surface area contributed by atoms with Crippen molar-refractivity contribution in [2.75, 3.05) is 18.6 Å². The third-order valence-electron chi connectivity index (χ3n) is 3.93. The lowest BCUT2D eigenvalue weighted by atomic mass is 10.2. The molecule has 0 aromatic heterocycles. The molecule has 0 aliphatic rings. The first-order valence-electron chi connectivity index (χ1n) is 8.37. The van der Waals surface area contributed by atoms with Gasteiger partial charge in [-0.05, 0) is 49.2 Å². The number of likely N-dealkylation sites (N-methyl/N-ethyl adjacent to an activating group) is 1. The van der Waals surface area contributed by atoms with Crippen LogP contribution in [0, 0.1) is 6.92 Å². The van der Waals surface area contributed by atoms with E-state index in [0.717, 1.165) is 5.56 Å². The maximum Gasteiger partial charge on any atom is 0.341 e. The van der Waals surface area contributed by atoms with Crippen LogP contribution < -0.4 is 14.4 Å². The average molecular weight is 357 g/mol. The molecular formula is C20H23NO5. The highest BCUT2D eigenvalue weighted by Gasteiger charge is 2.23. The highest BCUT2D eigenvalue weighted by molar-refractivity contribution is 5.96. The number of carbonyl (C=O) groups is 2. The molecule has 1 amide bonds. The number of nitrogens with zero attached hydrogens (tertiary/aromatic N) is 1. The van der Waals surface area contributed by atoms with Gasteiger partial charge in [0.05, 0.1) is 0 Å². The quantitative estimate of drug-likeness (QED) is 0.785. The van der Waals surface area contributed by atoms with Crippen molar-refractivity contribution < 1.29 is 24.2 Å². The molecule has 2 aromatic carbocycles. The zero-order valence-electron chi connectivity index (χ0n) is 15.1. The summed E-state index contributed by atoms with van der Waals surface area (Å²) in [5, 5.41) is 8.63. The Balaban J connectivity index is 2.06. The molecule has 6 nitrogen and oxygen atoms in total. The van der Waals surface area contributed by atoms with Crippen LogP contribution in [0.2, 0.25) is 0 Å². The number of amides is 1. The number of ether oxygens (including phenoxy) is 2. The number of carboxylic acids is 1. The number of rotatable bonds is 8. The Morgan fingerprint density at radius 2 is 1.77 bits per heavy atom. The van der Waals surface area contributed by atoms with Gasteiger partial charge in [-0.3, -0.25) is 4.79 Å². The second kappa shape index (κ2) is 8.89. The first-order chi connectivity index (χ1) is 12.4. The molecule has 0 bridgehead atoms. The van der Waals surface area contributed by atoms with Crippen molar-refractivity contribution in [2.24, 2.45) is 0 Å². The Morgan fingerprint density at radius 1 is 1.12 bits per heavy atom. The van der Waals surface area contributed by atoms with E-state index in [1.165, 1.54) is 4.90 Å². The Morgan fingerprint density at radius 3 is 2.35 bits per heavy atom. The largest absolute Gasteiger partial charge is 0.482 e. The van der Waals surface area contributed by atoms with Gasteiger partial charge in [0.15, 0.2) is 12.7 Å². The molecule has 0 aliphatic heterocycles. The van der Waals surface area contributed by atoms with Gasteiger partial charge in [-0.25, -0.2) is 4.79 Å². The summed E-state index contributed by atoms with van der Waals surface area (Å²) < 4.78 is 11.0. The van der Waals surface area contributed by atoms with Crippen LogP contribution in [0.25, 0.3) is 0 Å². The van der Waals surface area contributed by atoms with Gasteiger partial charge >= 0.3 is 5.97 Å². The number of aliphatic carboxylic acids is 1. The van der Waals surface area contributed by atoms with E-state index in [2.05, 4.69) is 0 Å². The maximum atomic E-state index is 12.8. The minimum atomic E-state index is -1.04. The molecule has 1 N–H and O–H groups in total. The number of hydrogen-bond donors (Lipinski definition) is 1. The molecule has 6 heteroatoms. The number of carbonyl (C=O) groups excluding carboxylic acids is 1. The second-order valence-electron chi connectivity index (χ2n) is 5.85. The summed E-state index contributed by atoms with van der Waals surface area (Å²) in [6, 6.07) is 14.2. The van der Waals surface area contributed by atoms with Crippen molar-refractivity contribution in [3.8, 4) is 11.5 Å². The number of carboxylic acid groups (broad SMARTS) is 1. The van der Waals surface area contributed by atoms with Crippen LogP contribution in [0.15, 0.2) is 48.5 Å². The van der Waals surface area contributed by atoms with Gasteiger partial charge < -0.3 is 19.5 Å². The van der Waals surface area contributed by atoms with Gasteiger partial charge in [0, 0.05) is 12.7 Å². The van der Waals surface area contributed by atoms with Gasteiger partial charge in [-0.15, -0.1) is 0 Å². The topological polar surface area (TPSA) is 76.1 Å². The molecule has 1 unspecified atom stereocenters. The summed E-state index contributed by atoms with van der Waals surface area (Å²) in [5.41, 5.74) is 1.64. The van der Waals surface area contributed by atoms with Crippen molar-refractivity contribution in [1.29, 1.82) is 0 Å². The molecule has 0 spiro atoms. The SMILES string of the molecule is CCC(Oc1ccccc1C)C(=O)N(C)c1ccc(OCC(=O)O)cc1. The van der Waals surface area contributed by atoms with Gasteiger partial charge in [0.2, 0.25) is 0 Å². The van der Waals surface area contributed by atoms with Crippen LogP contribution in [0.5, 0.6) is 11.5 Å². The van der Waals surface area contributed by atoms with Crippen LogP contribution >= 0.6 is 0 Å². The Hall–Kier alpha value is -3.02. The van der Waals surface area contributed by atoms with Gasteiger partial charge in [0.1, 0.15) is 11.5 Å². The van der Waals surface area contributed by atoms with E-state index < -0.39 is 18.7 Å². The summed E-state index contributed by atoms with van der Waals surface area (Å²) in [6.07, 6.45) is -0.0545. The van der Waals surface area contributed by atoms with E-state index in [1.54, 1.807) is 31.3 Å². The summed E-state index contributed by atoms with van der Waals surface area (Å²) in [5.74, 6) is -0.0748. The van der Waals surface area contributed by atoms with Gasteiger partial charge in [0.25, 0.3) is 5.91 Å². The summed E-state index contributed by atoms with van der Waals surface area (Å²) in [6.45, 7) is 3.43. The number of benzene rings is 2. The first kappa shape index (κ1) is 19.3. The molecule has 0 saturated heterocycles. The van der Waals surface area contributed by atoms with Crippen LogP contribution in [0.3, 0.4) is 0 Å². The maximum absolute atomic E-state index is 12.8. The van der Waals surface area contributed by atoms with Crippen LogP contribution in [0.1, 0.15) is 18.9 Å².